The van der Waals surface area contributed by atoms with Gasteiger partial charge >= 0.3 is 0 Å². The molecule has 0 saturated carbocycles. The van der Waals surface area contributed by atoms with Gasteiger partial charge in [-0.1, -0.05) is 24.3 Å². The lowest BCUT2D eigenvalue weighted by molar-refractivity contribution is -0.130. The second kappa shape index (κ2) is 13.4. The largest absolute Gasteiger partial charge is 0.497 e. The molecule has 2 N–H and O–H groups in total. The zero-order chi connectivity index (χ0) is 21.6. The molecule has 1 unspecified atom stereocenters. The van der Waals surface area contributed by atoms with Gasteiger partial charge in [-0.15, -0.1) is 0 Å². The minimum absolute atomic E-state index is 0.147. The number of thioether (sulfide) groups is 1. The number of benzene rings is 2. The van der Waals surface area contributed by atoms with Crippen LogP contribution >= 0.6 is 11.8 Å². The average Bonchev–Trinajstić information content (AvgIpc) is 2.78. The highest BCUT2D eigenvalue weighted by Gasteiger charge is 2.20. The number of ether oxygens (including phenoxy) is 3. The van der Waals surface area contributed by atoms with Gasteiger partial charge in [0.1, 0.15) is 29.9 Å². The van der Waals surface area contributed by atoms with Crippen LogP contribution < -0.4 is 24.8 Å². The Bertz CT molecular complexity index is 788. The van der Waals surface area contributed by atoms with E-state index >= 15 is 0 Å². The van der Waals surface area contributed by atoms with Crippen LogP contribution in [0.2, 0.25) is 0 Å². The Morgan fingerprint density at radius 1 is 1.00 bits per heavy atom. The van der Waals surface area contributed by atoms with Gasteiger partial charge in [0.15, 0.2) is 6.61 Å². The second-order valence-electron chi connectivity index (χ2n) is 6.32. The van der Waals surface area contributed by atoms with Crippen LogP contribution in [0.5, 0.6) is 17.2 Å². The molecular weight excluding hydrogens is 404 g/mol. The van der Waals surface area contributed by atoms with Crippen molar-refractivity contribution in [3.05, 3.63) is 54.6 Å². The van der Waals surface area contributed by atoms with Crippen molar-refractivity contribution >= 4 is 23.6 Å². The van der Waals surface area contributed by atoms with E-state index in [1.807, 2.05) is 42.7 Å². The Hall–Kier alpha value is -2.87. The average molecular weight is 433 g/mol. The minimum Gasteiger partial charge on any atom is -0.497 e. The number of amides is 2. The van der Waals surface area contributed by atoms with Gasteiger partial charge in [0.05, 0.1) is 13.7 Å². The van der Waals surface area contributed by atoms with Crippen molar-refractivity contribution in [1.82, 2.24) is 10.6 Å². The third-order valence-electron chi connectivity index (χ3n) is 4.09. The molecule has 2 amide bonds. The summed E-state index contributed by atoms with van der Waals surface area (Å²) in [5, 5.41) is 5.56. The van der Waals surface area contributed by atoms with Crippen molar-refractivity contribution in [2.75, 3.05) is 38.9 Å². The first-order valence-corrected chi connectivity index (χ1v) is 11.0. The van der Waals surface area contributed by atoms with Gasteiger partial charge in [-0.25, -0.2) is 0 Å². The van der Waals surface area contributed by atoms with Gasteiger partial charge in [0.25, 0.3) is 5.91 Å². The molecule has 2 rings (SSSR count). The SMILES string of the molecule is COc1cccc(OCCNC(=O)C(CCSC)NC(=O)COc2ccccc2)c1. The molecule has 0 aliphatic rings. The Balaban J connectivity index is 1.76. The van der Waals surface area contributed by atoms with Crippen molar-refractivity contribution in [2.45, 2.75) is 12.5 Å². The molecule has 2 aromatic rings. The van der Waals surface area contributed by atoms with Crippen molar-refractivity contribution < 1.29 is 23.8 Å². The summed E-state index contributed by atoms with van der Waals surface area (Å²) < 4.78 is 16.2. The molecule has 1 atom stereocenters. The quantitative estimate of drug-likeness (QED) is 0.473. The third kappa shape index (κ3) is 8.65. The molecular formula is C22H28N2O5S. The van der Waals surface area contributed by atoms with Crippen LogP contribution in [-0.2, 0) is 9.59 Å². The predicted molar refractivity (Wildman–Crippen MR) is 118 cm³/mol. The Morgan fingerprint density at radius 2 is 1.73 bits per heavy atom. The number of carbonyl (C=O) groups excluding carboxylic acids is 2. The van der Waals surface area contributed by atoms with Gasteiger partial charge in [0.2, 0.25) is 5.91 Å². The monoisotopic (exact) mass is 432 g/mol. The molecule has 7 nitrogen and oxygen atoms in total. The first kappa shape index (κ1) is 23.4. The number of para-hydroxylation sites is 1. The third-order valence-corrected chi connectivity index (χ3v) is 4.73. The number of nitrogens with one attached hydrogen (secondary N) is 2. The maximum absolute atomic E-state index is 12.5. The molecule has 0 fully saturated rings. The molecule has 0 aliphatic carbocycles. The number of hydrogen-bond acceptors (Lipinski definition) is 6. The van der Waals surface area contributed by atoms with E-state index in [1.54, 1.807) is 37.1 Å². The molecule has 30 heavy (non-hydrogen) atoms. The lowest BCUT2D eigenvalue weighted by Gasteiger charge is -2.18. The number of hydrogen-bond donors (Lipinski definition) is 2. The summed E-state index contributed by atoms with van der Waals surface area (Å²) >= 11 is 1.61. The number of methoxy groups -OCH3 is 1. The van der Waals surface area contributed by atoms with Gasteiger partial charge < -0.3 is 24.8 Å². The minimum atomic E-state index is -0.624. The molecule has 0 spiro atoms. The zero-order valence-electron chi connectivity index (χ0n) is 17.3. The van der Waals surface area contributed by atoms with Crippen molar-refractivity contribution in [2.24, 2.45) is 0 Å². The molecule has 162 valence electrons. The first-order valence-electron chi connectivity index (χ1n) is 9.63. The summed E-state index contributed by atoms with van der Waals surface area (Å²) in [7, 11) is 1.59. The fourth-order valence-corrected chi connectivity index (χ4v) is 3.03. The second-order valence-corrected chi connectivity index (χ2v) is 7.31. The fourth-order valence-electron chi connectivity index (χ4n) is 2.56. The summed E-state index contributed by atoms with van der Waals surface area (Å²) in [4.78, 5) is 24.7. The number of rotatable bonds is 13. The molecule has 0 bridgehead atoms. The predicted octanol–water partition coefficient (Wildman–Crippen LogP) is 2.51. The van der Waals surface area contributed by atoms with Crippen LogP contribution in [0.1, 0.15) is 6.42 Å². The number of carbonyl (C=O) groups is 2. The normalized spacial score (nSPS) is 11.3. The van der Waals surface area contributed by atoms with Crippen LogP contribution in [0.3, 0.4) is 0 Å². The molecule has 8 heteroatoms. The molecule has 0 aliphatic heterocycles. The smallest absolute Gasteiger partial charge is 0.258 e. The lowest BCUT2D eigenvalue weighted by Crippen LogP contribution is -2.49. The van der Waals surface area contributed by atoms with Crippen LogP contribution in [0.25, 0.3) is 0 Å². The Kier molecular flexibility index (Phi) is 10.4. The topological polar surface area (TPSA) is 85.9 Å². The van der Waals surface area contributed by atoms with E-state index in [2.05, 4.69) is 10.6 Å². The van der Waals surface area contributed by atoms with Crippen LogP contribution in [0.4, 0.5) is 0 Å². The lowest BCUT2D eigenvalue weighted by atomic mass is 10.2. The summed E-state index contributed by atoms with van der Waals surface area (Å²) in [6, 6.07) is 15.7. The molecule has 2 aromatic carbocycles. The van der Waals surface area contributed by atoms with E-state index in [-0.39, 0.29) is 18.4 Å². The highest BCUT2D eigenvalue weighted by molar-refractivity contribution is 7.98. The zero-order valence-corrected chi connectivity index (χ0v) is 18.1. The van der Waals surface area contributed by atoms with Crippen molar-refractivity contribution in [3.8, 4) is 17.2 Å². The Morgan fingerprint density at radius 3 is 2.47 bits per heavy atom. The van der Waals surface area contributed by atoms with Gasteiger partial charge in [-0.2, -0.15) is 11.8 Å². The van der Waals surface area contributed by atoms with E-state index in [0.29, 0.717) is 36.8 Å². The van der Waals surface area contributed by atoms with Gasteiger partial charge in [0, 0.05) is 6.07 Å². The molecule has 0 saturated heterocycles. The standard InChI is InChI=1S/C22H28N2O5S/c1-27-18-9-6-10-19(15-18)28-13-12-23-22(26)20(11-14-30-2)24-21(25)16-29-17-7-4-3-5-8-17/h3-10,15,20H,11-14,16H2,1-2H3,(H,23,26)(H,24,25). The molecule has 0 radical (unpaired) electrons. The van der Waals surface area contributed by atoms with E-state index < -0.39 is 6.04 Å². The summed E-state index contributed by atoms with van der Waals surface area (Å²) in [5.41, 5.74) is 0. The van der Waals surface area contributed by atoms with E-state index in [9.17, 15) is 9.59 Å². The van der Waals surface area contributed by atoms with Gasteiger partial charge in [-0.3, -0.25) is 9.59 Å². The van der Waals surface area contributed by atoms with E-state index in [1.165, 1.54) is 0 Å². The van der Waals surface area contributed by atoms with E-state index in [0.717, 1.165) is 5.75 Å². The van der Waals surface area contributed by atoms with Gasteiger partial charge in [-0.05, 0) is 42.7 Å². The molecule has 0 aromatic heterocycles. The molecule has 0 heterocycles. The first-order chi connectivity index (χ1) is 14.6. The van der Waals surface area contributed by atoms with Crippen LogP contribution in [0.15, 0.2) is 54.6 Å². The summed E-state index contributed by atoms with van der Waals surface area (Å²) in [5.74, 6) is 2.13. The van der Waals surface area contributed by atoms with E-state index in [4.69, 9.17) is 14.2 Å². The highest BCUT2D eigenvalue weighted by Crippen LogP contribution is 2.18. The summed E-state index contributed by atoms with van der Waals surface area (Å²) in [6.45, 7) is 0.480. The summed E-state index contributed by atoms with van der Waals surface area (Å²) in [6.07, 6.45) is 2.48. The van der Waals surface area contributed by atoms with Crippen molar-refractivity contribution in [1.29, 1.82) is 0 Å². The maximum Gasteiger partial charge on any atom is 0.258 e. The van der Waals surface area contributed by atoms with Crippen LogP contribution in [0, 0.1) is 0 Å². The van der Waals surface area contributed by atoms with Crippen LogP contribution in [-0.4, -0.2) is 56.7 Å². The fraction of sp³-hybridized carbons (Fsp3) is 0.364. The maximum atomic E-state index is 12.5. The Labute approximate surface area is 181 Å². The van der Waals surface area contributed by atoms with Crippen molar-refractivity contribution in [3.63, 3.8) is 0 Å². The highest BCUT2D eigenvalue weighted by atomic mass is 32.2.